The van der Waals surface area contributed by atoms with Crippen LogP contribution in [0.3, 0.4) is 0 Å². The zero-order valence-corrected chi connectivity index (χ0v) is 67.2. The molecule has 0 N–H and O–H groups in total. The maximum absolute atomic E-state index is 5.14. The van der Waals surface area contributed by atoms with Crippen LogP contribution in [0.2, 0.25) is 0 Å². The van der Waals surface area contributed by atoms with Crippen LogP contribution in [0.25, 0.3) is 284 Å². The van der Waals surface area contributed by atoms with Crippen molar-refractivity contribution in [3.63, 3.8) is 0 Å². The molecule has 0 saturated carbocycles. The lowest BCUT2D eigenvalue weighted by molar-refractivity contribution is 1.18. The Morgan fingerprint density at radius 1 is 0.145 bits per heavy atom. The van der Waals surface area contributed by atoms with Gasteiger partial charge < -0.3 is 9.13 Å². The molecule has 3 nitrogen and oxygen atoms in total. The van der Waals surface area contributed by atoms with E-state index >= 15 is 0 Å². The topological polar surface area (TPSA) is 22.8 Å². The van der Waals surface area contributed by atoms with Gasteiger partial charge in [0.2, 0.25) is 0 Å². The van der Waals surface area contributed by atoms with E-state index < -0.39 is 0 Å². The fourth-order valence-corrected chi connectivity index (χ4v) is 22.2. The summed E-state index contributed by atoms with van der Waals surface area (Å²) < 4.78 is 4.90. The summed E-state index contributed by atoms with van der Waals surface area (Å²) in [4.78, 5) is 5.14. The number of nitrogens with zero attached hydrogens (tertiary/aromatic N) is 3. The largest absolute Gasteiger partial charge is 0.309 e. The summed E-state index contributed by atoms with van der Waals surface area (Å²) in [5, 5.41) is 41.7. The van der Waals surface area contributed by atoms with E-state index in [1.807, 2.05) is 6.20 Å². The maximum atomic E-state index is 5.14. The number of rotatable bonds is 9. The molecule has 0 bridgehead atoms. The first kappa shape index (κ1) is 67.6. The Kier molecular flexibility index (Phi) is 14.0. The van der Waals surface area contributed by atoms with Crippen LogP contribution in [-0.2, 0) is 0 Å². The number of hydrogen-bond acceptors (Lipinski definition) is 1. The standard InChI is InChI=1S/C63H36N2.C58H33N/c1-2-10-54(11-3-1)65-56-34-52(38-14-12-37(13-15-38)50-28-43-20-16-39-6-4-7-40-17-21-44(29-50)60(43)58(39)40)32-47-24-25-48-33-53(35-57(65)63(48)62(47)56)55-27-26-49(36-64-55)51-30-45-22-18-41-8-5-9-42-19-23-46(31-51)61(45)59(41)42;1-2-10-46(11-3-1)59-51-28-26-47(35-14-12-34(13-15-35)44-30-40-20-16-36-6-4-7-37-17-21-41(31-44)55(40)53(36)37)49-24-25-50-48(27-29-52(59)58(50)57(49)51)45-32-42-22-18-38-8-5-9-39-19-23-43(33-45)56(42)54(38)39/h1-36H;1-33H. The van der Waals surface area contributed by atoms with Gasteiger partial charge in [-0.05, 0) is 327 Å². The van der Waals surface area contributed by atoms with E-state index in [1.54, 1.807) is 0 Å². The fourth-order valence-electron chi connectivity index (χ4n) is 22.2. The molecule has 29 rings (SSSR count). The fraction of sp³-hybridized carbons (Fsp3) is 0. The van der Waals surface area contributed by atoms with Gasteiger partial charge in [-0.15, -0.1) is 0 Å². The van der Waals surface area contributed by atoms with E-state index in [2.05, 4.69) is 422 Å². The normalized spacial score (nSPS) is 12.4. The summed E-state index contributed by atoms with van der Waals surface area (Å²) in [6.07, 6.45) is 2.04. The highest BCUT2D eigenvalue weighted by molar-refractivity contribution is 6.32. The van der Waals surface area contributed by atoms with Crippen molar-refractivity contribution < 1.29 is 0 Å². The van der Waals surface area contributed by atoms with Crippen molar-refractivity contribution in [2.45, 2.75) is 0 Å². The molecule has 29 aromatic rings. The van der Waals surface area contributed by atoms with Crippen molar-refractivity contribution in [3.05, 3.63) is 419 Å². The third kappa shape index (κ3) is 9.92. The van der Waals surface area contributed by atoms with E-state index in [1.165, 1.54) is 261 Å². The van der Waals surface area contributed by atoms with Crippen molar-refractivity contribution in [1.82, 2.24) is 14.1 Å². The SMILES string of the molecule is c1ccc(-n2c3cc(-c4ccc(-c5cc6ccc7cccc8ccc(c5)c6c78)cc4)cc4ccc5cc(-c6ccc(-c7cc8ccc9cccc%10ccc(c7)c8c9%10)cn6)cc2c5c43)cc1.c1ccc(-n2c3ccc(-c4ccc(-c5cc6ccc7cccc8ccc(c5)c6c78)cc4)c4ccc5c(-c6cc7ccc8cccc9ccc(c6)c7c89)ccc2c5c43)cc1. The molecule has 0 amide bonds. The molecular formula is C121H69N3. The van der Waals surface area contributed by atoms with Gasteiger partial charge in [0.1, 0.15) is 0 Å². The average molecular weight is 1560 g/mol. The minimum absolute atomic E-state index is 0.958. The lowest BCUT2D eigenvalue weighted by Crippen LogP contribution is -1.94. The van der Waals surface area contributed by atoms with Crippen molar-refractivity contribution in [2.24, 2.45) is 0 Å². The van der Waals surface area contributed by atoms with Crippen LogP contribution in [-0.4, -0.2) is 14.1 Å². The summed E-state index contributed by atoms with van der Waals surface area (Å²) in [7, 11) is 0. The highest BCUT2D eigenvalue weighted by atomic mass is 15.0. The van der Waals surface area contributed by atoms with E-state index in [-0.39, 0.29) is 0 Å². The van der Waals surface area contributed by atoms with Gasteiger partial charge in [0.05, 0.1) is 27.8 Å². The molecular weight excluding hydrogens is 1500 g/mol. The van der Waals surface area contributed by atoms with Gasteiger partial charge in [0.15, 0.2) is 0 Å². The molecule has 26 aromatic carbocycles. The van der Waals surface area contributed by atoms with Crippen LogP contribution in [0.15, 0.2) is 419 Å². The summed E-state index contributed by atoms with van der Waals surface area (Å²) in [5.41, 5.74) is 23.8. The highest BCUT2D eigenvalue weighted by Gasteiger charge is 2.26. The molecule has 0 saturated heterocycles. The molecule has 0 atom stereocenters. The van der Waals surface area contributed by atoms with Crippen molar-refractivity contribution >= 4 is 194 Å². The summed E-state index contributed by atoms with van der Waals surface area (Å²) in [5.74, 6) is 0. The van der Waals surface area contributed by atoms with E-state index in [9.17, 15) is 0 Å². The van der Waals surface area contributed by atoms with Crippen molar-refractivity contribution in [3.8, 4) is 89.4 Å². The van der Waals surface area contributed by atoms with Gasteiger partial charge >= 0.3 is 0 Å². The van der Waals surface area contributed by atoms with Crippen LogP contribution in [0, 0.1) is 0 Å². The molecule has 3 heteroatoms. The van der Waals surface area contributed by atoms with Gasteiger partial charge in [-0.2, -0.15) is 0 Å². The monoisotopic (exact) mass is 1560 g/mol. The van der Waals surface area contributed by atoms with Crippen LogP contribution >= 0.6 is 0 Å². The second-order valence-electron chi connectivity index (χ2n) is 34.4. The van der Waals surface area contributed by atoms with Gasteiger partial charge in [0, 0.05) is 50.2 Å². The zero-order chi connectivity index (χ0) is 80.7. The summed E-state index contributed by atoms with van der Waals surface area (Å²) >= 11 is 0. The Morgan fingerprint density at radius 2 is 0.411 bits per heavy atom. The minimum Gasteiger partial charge on any atom is -0.309 e. The molecule has 0 aliphatic rings. The quantitative estimate of drug-likeness (QED) is 0.132. The number of hydrogen-bond donors (Lipinski definition) is 0. The molecule has 124 heavy (non-hydrogen) atoms. The molecule has 0 radical (unpaired) electrons. The number of pyridine rings is 1. The highest BCUT2D eigenvalue weighted by Crippen LogP contribution is 2.51. The lowest BCUT2D eigenvalue weighted by atomic mass is 9.88. The van der Waals surface area contributed by atoms with Gasteiger partial charge in [-0.1, -0.05) is 297 Å². The van der Waals surface area contributed by atoms with Crippen molar-refractivity contribution in [1.29, 1.82) is 0 Å². The van der Waals surface area contributed by atoms with Crippen LogP contribution in [0.5, 0.6) is 0 Å². The maximum Gasteiger partial charge on any atom is 0.0703 e. The molecule has 0 fully saturated rings. The smallest absolute Gasteiger partial charge is 0.0703 e. The summed E-state index contributed by atoms with van der Waals surface area (Å²) in [6, 6.07) is 154. The van der Waals surface area contributed by atoms with E-state index in [0.29, 0.717) is 0 Å². The van der Waals surface area contributed by atoms with Gasteiger partial charge in [-0.25, -0.2) is 0 Å². The first-order chi connectivity index (χ1) is 61.4. The summed E-state index contributed by atoms with van der Waals surface area (Å²) in [6.45, 7) is 0. The first-order valence-corrected chi connectivity index (χ1v) is 43.1. The van der Waals surface area contributed by atoms with Crippen LogP contribution < -0.4 is 0 Å². The Balaban J connectivity index is 0.000000127. The zero-order valence-electron chi connectivity index (χ0n) is 67.2. The van der Waals surface area contributed by atoms with Crippen LogP contribution in [0.4, 0.5) is 0 Å². The molecule has 3 heterocycles. The van der Waals surface area contributed by atoms with Gasteiger partial charge in [0.25, 0.3) is 0 Å². The van der Waals surface area contributed by atoms with E-state index in [4.69, 9.17) is 4.98 Å². The molecule has 0 aliphatic carbocycles. The average Bonchev–Trinajstić information content (AvgIpc) is 1.33. The van der Waals surface area contributed by atoms with Crippen LogP contribution in [0.1, 0.15) is 0 Å². The van der Waals surface area contributed by atoms with Gasteiger partial charge in [-0.3, -0.25) is 4.98 Å². The van der Waals surface area contributed by atoms with E-state index in [0.717, 1.165) is 22.5 Å². The Morgan fingerprint density at radius 3 is 0.758 bits per heavy atom. The Hall–Kier alpha value is -16.3. The molecule has 0 unspecified atom stereocenters. The third-order valence-electron chi connectivity index (χ3n) is 27.7. The number of benzene rings is 26. The predicted octanol–water partition coefficient (Wildman–Crippen LogP) is 33.4. The third-order valence-corrected chi connectivity index (χ3v) is 27.7. The Bertz CT molecular complexity index is 8930. The Labute approximate surface area is 711 Å². The second-order valence-corrected chi connectivity index (χ2v) is 34.4. The second kappa shape index (κ2) is 25.6. The molecule has 568 valence electrons. The first-order valence-electron chi connectivity index (χ1n) is 43.1. The number of aromatic nitrogens is 3. The molecule has 0 spiro atoms. The molecule has 3 aromatic heterocycles. The predicted molar refractivity (Wildman–Crippen MR) is 530 cm³/mol. The minimum atomic E-state index is 0.958. The molecule has 0 aliphatic heterocycles. The lowest BCUT2D eigenvalue weighted by Gasteiger charge is -2.15. The number of para-hydroxylation sites is 2. The van der Waals surface area contributed by atoms with Crippen molar-refractivity contribution in [2.75, 3.05) is 0 Å².